The van der Waals surface area contributed by atoms with Gasteiger partial charge in [-0.2, -0.15) is 0 Å². The van der Waals surface area contributed by atoms with E-state index in [1.807, 2.05) is 25.2 Å². The van der Waals surface area contributed by atoms with Crippen LogP contribution in [0.1, 0.15) is 24.8 Å². The maximum Gasteiger partial charge on any atom is 0.191 e. The molecule has 1 aromatic heterocycles. The summed E-state index contributed by atoms with van der Waals surface area (Å²) in [6, 6.07) is 6.33. The van der Waals surface area contributed by atoms with Gasteiger partial charge in [0.1, 0.15) is 0 Å². The Bertz CT molecular complexity index is 763. The van der Waals surface area contributed by atoms with Gasteiger partial charge in [0.05, 0.1) is 18.2 Å². The van der Waals surface area contributed by atoms with E-state index in [0.717, 1.165) is 42.3 Å². The molecule has 0 radical (unpaired) electrons. The Morgan fingerprint density at radius 3 is 3.00 bits per heavy atom. The average Bonchev–Trinajstić information content (AvgIpc) is 3.29. The molecule has 3 heterocycles. The van der Waals surface area contributed by atoms with Crippen LogP contribution < -0.4 is 10.6 Å². The number of nitrogens with zero attached hydrogens (tertiary/aromatic N) is 1. The Hall–Kier alpha value is -0.990. The molecule has 136 valence electrons. The number of guanidine groups is 1. The third-order valence-electron chi connectivity index (χ3n) is 5.07. The van der Waals surface area contributed by atoms with E-state index in [-0.39, 0.29) is 24.0 Å². The first-order valence-electron chi connectivity index (χ1n) is 8.61. The number of hydrogen-bond acceptors (Lipinski definition) is 2. The molecular formula is C18H24ClIN4O. The number of fused-ring (bicyclic) bond motifs is 3. The number of aliphatic imine (C=N–C) groups is 1. The van der Waals surface area contributed by atoms with E-state index in [0.29, 0.717) is 18.2 Å². The molecule has 4 rings (SSSR count). The van der Waals surface area contributed by atoms with Gasteiger partial charge in [-0.3, -0.25) is 4.99 Å². The molecule has 2 aromatic rings. The van der Waals surface area contributed by atoms with Gasteiger partial charge in [-0.15, -0.1) is 24.0 Å². The highest BCUT2D eigenvalue weighted by Gasteiger charge is 2.41. The van der Waals surface area contributed by atoms with Crippen LogP contribution in [0, 0.1) is 0 Å². The number of aromatic nitrogens is 1. The third kappa shape index (κ3) is 4.06. The number of nitrogens with one attached hydrogen (secondary N) is 3. The Balaban J connectivity index is 0.00000182. The largest absolute Gasteiger partial charge is 0.373 e. The molecule has 3 atom stereocenters. The van der Waals surface area contributed by atoms with Crippen molar-refractivity contribution in [2.75, 3.05) is 13.6 Å². The van der Waals surface area contributed by atoms with E-state index < -0.39 is 0 Å². The zero-order valence-corrected chi connectivity index (χ0v) is 17.3. The van der Waals surface area contributed by atoms with E-state index >= 15 is 0 Å². The van der Waals surface area contributed by atoms with Gasteiger partial charge in [0, 0.05) is 35.7 Å². The van der Waals surface area contributed by atoms with Crippen LogP contribution in [0.3, 0.4) is 0 Å². The number of aromatic amines is 1. The molecule has 2 saturated heterocycles. The van der Waals surface area contributed by atoms with E-state index in [2.05, 4.69) is 26.8 Å². The molecule has 2 aliphatic heterocycles. The first kappa shape index (κ1) is 18.8. The molecule has 0 aliphatic carbocycles. The average molecular weight is 475 g/mol. The highest BCUT2D eigenvalue weighted by molar-refractivity contribution is 14.0. The number of H-pyrrole nitrogens is 1. The van der Waals surface area contributed by atoms with Crippen LogP contribution in [0.4, 0.5) is 0 Å². The summed E-state index contributed by atoms with van der Waals surface area (Å²) in [7, 11) is 1.81. The topological polar surface area (TPSA) is 61.4 Å². The van der Waals surface area contributed by atoms with Gasteiger partial charge < -0.3 is 20.4 Å². The standard InChI is InChI=1S/C18H23ClN4O.HI/c1-20-18(23-16-9-13-3-5-17(16)24-13)21-7-6-11-10-22-15-4-2-12(19)8-14(11)15;/h2,4,8,10,13,16-17,22H,3,5-7,9H2,1H3,(H2,20,21,23);1H. The van der Waals surface area contributed by atoms with Crippen LogP contribution in [-0.4, -0.2) is 42.8 Å². The fourth-order valence-corrected chi connectivity index (χ4v) is 4.01. The summed E-state index contributed by atoms with van der Waals surface area (Å²) in [5, 5.41) is 8.88. The van der Waals surface area contributed by atoms with Crippen LogP contribution in [0.5, 0.6) is 0 Å². The van der Waals surface area contributed by atoms with E-state index in [1.54, 1.807) is 0 Å². The Labute approximate surface area is 170 Å². The lowest BCUT2D eigenvalue weighted by atomic mass is 9.96. The van der Waals surface area contributed by atoms with E-state index in [4.69, 9.17) is 16.3 Å². The van der Waals surface area contributed by atoms with Crippen molar-refractivity contribution in [3.63, 3.8) is 0 Å². The van der Waals surface area contributed by atoms with Crippen LogP contribution >= 0.6 is 35.6 Å². The van der Waals surface area contributed by atoms with Crippen molar-refractivity contribution >= 4 is 52.4 Å². The second-order valence-corrected chi connectivity index (χ2v) is 7.05. The monoisotopic (exact) mass is 474 g/mol. The molecule has 7 heteroatoms. The van der Waals surface area contributed by atoms with Gasteiger partial charge in [0.15, 0.2) is 5.96 Å². The fourth-order valence-electron chi connectivity index (χ4n) is 3.83. The van der Waals surface area contributed by atoms with Crippen molar-refractivity contribution in [3.8, 4) is 0 Å². The Morgan fingerprint density at radius 2 is 2.28 bits per heavy atom. The number of hydrogen-bond donors (Lipinski definition) is 3. The van der Waals surface area contributed by atoms with Crippen molar-refractivity contribution in [3.05, 3.63) is 35.0 Å². The number of rotatable bonds is 4. The number of benzene rings is 1. The van der Waals surface area contributed by atoms with Gasteiger partial charge in [-0.1, -0.05) is 11.6 Å². The number of ether oxygens (including phenoxy) is 1. The predicted molar refractivity (Wildman–Crippen MR) is 113 cm³/mol. The molecule has 2 bridgehead atoms. The van der Waals surface area contributed by atoms with Gasteiger partial charge in [0.2, 0.25) is 0 Å². The lowest BCUT2D eigenvalue weighted by molar-refractivity contribution is 0.0992. The summed E-state index contributed by atoms with van der Waals surface area (Å²) in [6.45, 7) is 0.820. The molecule has 25 heavy (non-hydrogen) atoms. The molecule has 2 fully saturated rings. The van der Waals surface area contributed by atoms with Crippen LogP contribution in [0.15, 0.2) is 29.4 Å². The molecule has 0 saturated carbocycles. The zero-order chi connectivity index (χ0) is 16.5. The molecule has 5 nitrogen and oxygen atoms in total. The highest BCUT2D eigenvalue weighted by atomic mass is 127. The Kier molecular flexibility index (Phi) is 6.12. The van der Waals surface area contributed by atoms with Crippen LogP contribution in [-0.2, 0) is 11.2 Å². The van der Waals surface area contributed by atoms with Gasteiger partial charge in [0.25, 0.3) is 0 Å². The quantitative estimate of drug-likeness (QED) is 0.361. The minimum atomic E-state index is 0. The second-order valence-electron chi connectivity index (χ2n) is 6.61. The SMILES string of the molecule is CN=C(NCCc1c[nH]c2ccc(Cl)cc12)NC1CC2CCC1O2.I. The van der Waals surface area contributed by atoms with Crippen LogP contribution in [0.2, 0.25) is 5.02 Å². The van der Waals surface area contributed by atoms with Crippen molar-refractivity contribution < 1.29 is 4.74 Å². The van der Waals surface area contributed by atoms with Crippen molar-refractivity contribution in [2.45, 2.75) is 43.9 Å². The maximum atomic E-state index is 6.11. The van der Waals surface area contributed by atoms with Crippen molar-refractivity contribution in [2.24, 2.45) is 4.99 Å². The van der Waals surface area contributed by atoms with E-state index in [9.17, 15) is 0 Å². The van der Waals surface area contributed by atoms with Crippen molar-refractivity contribution in [1.82, 2.24) is 15.6 Å². The lowest BCUT2D eigenvalue weighted by Gasteiger charge is -2.22. The molecular weight excluding hydrogens is 451 g/mol. The molecule has 3 unspecified atom stereocenters. The molecule has 2 aliphatic rings. The second kappa shape index (κ2) is 8.14. The first-order chi connectivity index (χ1) is 11.7. The summed E-state index contributed by atoms with van der Waals surface area (Å²) in [6.07, 6.45) is 7.22. The fraction of sp³-hybridized carbons (Fsp3) is 0.500. The maximum absolute atomic E-state index is 6.11. The van der Waals surface area contributed by atoms with Gasteiger partial charge in [-0.25, -0.2) is 0 Å². The van der Waals surface area contributed by atoms with E-state index in [1.165, 1.54) is 17.4 Å². The normalized spacial score (nSPS) is 25.2. The predicted octanol–water partition coefficient (Wildman–Crippen LogP) is 3.47. The smallest absolute Gasteiger partial charge is 0.191 e. The van der Waals surface area contributed by atoms with Crippen LogP contribution in [0.25, 0.3) is 10.9 Å². The third-order valence-corrected chi connectivity index (χ3v) is 5.30. The van der Waals surface area contributed by atoms with Crippen molar-refractivity contribution in [1.29, 1.82) is 0 Å². The summed E-state index contributed by atoms with van der Waals surface area (Å²) in [4.78, 5) is 7.64. The lowest BCUT2D eigenvalue weighted by Crippen LogP contribution is -2.47. The first-order valence-corrected chi connectivity index (χ1v) is 8.99. The molecule has 0 spiro atoms. The highest BCUT2D eigenvalue weighted by Crippen LogP contribution is 2.34. The Morgan fingerprint density at radius 1 is 1.40 bits per heavy atom. The summed E-state index contributed by atoms with van der Waals surface area (Å²) < 4.78 is 5.89. The molecule has 1 aromatic carbocycles. The number of halogens is 2. The van der Waals surface area contributed by atoms with Gasteiger partial charge >= 0.3 is 0 Å². The molecule has 0 amide bonds. The molecule has 3 N–H and O–H groups in total. The minimum absolute atomic E-state index is 0. The van der Waals surface area contributed by atoms with Gasteiger partial charge in [-0.05, 0) is 49.4 Å². The summed E-state index contributed by atoms with van der Waals surface area (Å²) in [5.74, 6) is 0.856. The zero-order valence-electron chi connectivity index (χ0n) is 14.2. The summed E-state index contributed by atoms with van der Waals surface area (Å²) in [5.41, 5.74) is 2.38. The summed E-state index contributed by atoms with van der Waals surface area (Å²) >= 11 is 6.11. The minimum Gasteiger partial charge on any atom is -0.373 e.